The molecule has 0 aliphatic rings. The molecule has 0 radical (unpaired) electrons. The molecule has 0 aromatic carbocycles. The quantitative estimate of drug-likeness (QED) is 0.588. The maximum atomic E-state index is 12.5. The van der Waals surface area contributed by atoms with Crippen LogP contribution in [0, 0.1) is 0 Å². The van der Waals surface area contributed by atoms with Gasteiger partial charge in [-0.05, 0) is 12.5 Å². The Morgan fingerprint density at radius 3 is 2.45 bits per heavy atom. The number of carbonyl (C=O) groups is 1. The molecule has 1 rings (SSSR count). The summed E-state index contributed by atoms with van der Waals surface area (Å²) in [6.07, 6.45) is -6.95. The monoisotopic (exact) mass is 330 g/mol. The van der Waals surface area contributed by atoms with Crippen LogP contribution in [0.1, 0.15) is 31.5 Å². The second kappa shape index (κ2) is 7.32. The Hall–Kier alpha value is -2.00. The van der Waals surface area contributed by atoms with Gasteiger partial charge in [0.15, 0.2) is 11.5 Å². The minimum atomic E-state index is -4.65. The zero-order chi connectivity index (χ0) is 16.9. The average molecular weight is 330 g/mol. The largest absolute Gasteiger partial charge is 0.464 e. The van der Waals surface area contributed by atoms with Gasteiger partial charge < -0.3 is 4.74 Å². The van der Waals surface area contributed by atoms with Crippen LogP contribution in [-0.2, 0) is 15.7 Å². The molecule has 1 atom stereocenters. The second-order valence-corrected chi connectivity index (χ2v) is 4.19. The van der Waals surface area contributed by atoms with Gasteiger partial charge in [-0.15, -0.1) is 0 Å². The highest BCUT2D eigenvalue weighted by Crippen LogP contribution is 2.28. The number of aromatic nitrogens is 2. The SMILES string of the molecule is CCC(C(=O)OCCC(F)=C(F)F)n1ccc(C(F)(F)F)n1. The molecule has 0 amide bonds. The van der Waals surface area contributed by atoms with Crippen molar-refractivity contribution in [1.82, 2.24) is 9.78 Å². The first-order chi connectivity index (χ1) is 10.2. The summed E-state index contributed by atoms with van der Waals surface area (Å²) in [5.74, 6) is -2.69. The molecule has 124 valence electrons. The molecule has 0 saturated carbocycles. The number of nitrogens with zero attached hydrogens (tertiary/aromatic N) is 2. The van der Waals surface area contributed by atoms with Gasteiger partial charge in [0.2, 0.25) is 0 Å². The molecule has 0 aliphatic heterocycles. The lowest BCUT2D eigenvalue weighted by Gasteiger charge is -2.14. The summed E-state index contributed by atoms with van der Waals surface area (Å²) in [4.78, 5) is 11.7. The molecule has 0 aliphatic carbocycles. The zero-order valence-corrected chi connectivity index (χ0v) is 11.3. The van der Waals surface area contributed by atoms with Crippen LogP contribution in [0.25, 0.3) is 0 Å². The van der Waals surface area contributed by atoms with Gasteiger partial charge >= 0.3 is 18.2 Å². The van der Waals surface area contributed by atoms with Crippen molar-refractivity contribution < 1.29 is 35.9 Å². The summed E-state index contributed by atoms with van der Waals surface area (Å²) < 4.78 is 78.7. The number of carbonyl (C=O) groups excluding carboxylic acids is 1. The minimum absolute atomic E-state index is 0.0631. The van der Waals surface area contributed by atoms with Crippen LogP contribution >= 0.6 is 0 Å². The van der Waals surface area contributed by atoms with Gasteiger partial charge in [-0.3, -0.25) is 4.68 Å². The van der Waals surface area contributed by atoms with Crippen molar-refractivity contribution in [3.05, 3.63) is 29.9 Å². The van der Waals surface area contributed by atoms with Crippen molar-refractivity contribution in [2.45, 2.75) is 32.0 Å². The van der Waals surface area contributed by atoms with E-state index >= 15 is 0 Å². The smallest absolute Gasteiger partial charge is 0.435 e. The Labute approximate surface area is 121 Å². The summed E-state index contributed by atoms with van der Waals surface area (Å²) in [5, 5.41) is 3.23. The van der Waals surface area contributed by atoms with E-state index in [1.165, 1.54) is 6.92 Å². The average Bonchev–Trinajstić information content (AvgIpc) is 2.88. The summed E-state index contributed by atoms with van der Waals surface area (Å²) >= 11 is 0. The molecule has 0 fully saturated rings. The minimum Gasteiger partial charge on any atom is -0.464 e. The number of esters is 1. The Kier molecular flexibility index (Phi) is 6.01. The molecule has 4 nitrogen and oxygen atoms in total. The first-order valence-corrected chi connectivity index (χ1v) is 6.15. The lowest BCUT2D eigenvalue weighted by Crippen LogP contribution is -2.23. The highest BCUT2D eigenvalue weighted by molar-refractivity contribution is 5.74. The van der Waals surface area contributed by atoms with Gasteiger partial charge in [-0.2, -0.15) is 27.1 Å². The van der Waals surface area contributed by atoms with Crippen LogP contribution in [0.3, 0.4) is 0 Å². The van der Waals surface area contributed by atoms with Gasteiger partial charge in [0.05, 0.1) is 6.61 Å². The third-order valence-electron chi connectivity index (χ3n) is 2.65. The Balaban J connectivity index is 2.69. The fourth-order valence-electron chi connectivity index (χ4n) is 1.56. The van der Waals surface area contributed by atoms with Crippen LogP contribution in [-0.4, -0.2) is 22.4 Å². The maximum Gasteiger partial charge on any atom is 0.435 e. The number of rotatable bonds is 6. The van der Waals surface area contributed by atoms with Crippen molar-refractivity contribution in [3.8, 4) is 0 Å². The predicted octanol–water partition coefficient (Wildman–Crippen LogP) is 3.86. The third-order valence-corrected chi connectivity index (χ3v) is 2.65. The Morgan fingerprint density at radius 2 is 2.00 bits per heavy atom. The zero-order valence-electron chi connectivity index (χ0n) is 11.3. The number of halogens is 6. The Bertz CT molecular complexity index is 548. The summed E-state index contributed by atoms with van der Waals surface area (Å²) in [6.45, 7) is 0.856. The molecular formula is C12H12F6N2O2. The van der Waals surface area contributed by atoms with E-state index in [2.05, 4.69) is 9.84 Å². The molecule has 0 N–H and O–H groups in total. The first kappa shape index (κ1) is 18.1. The molecule has 0 bridgehead atoms. The Morgan fingerprint density at radius 1 is 1.36 bits per heavy atom. The predicted molar refractivity (Wildman–Crippen MR) is 62.5 cm³/mol. The van der Waals surface area contributed by atoms with Crippen LogP contribution in [0.2, 0.25) is 0 Å². The number of hydrogen-bond acceptors (Lipinski definition) is 3. The number of alkyl halides is 3. The molecule has 1 aromatic heterocycles. The van der Waals surface area contributed by atoms with E-state index in [0.717, 1.165) is 10.9 Å². The van der Waals surface area contributed by atoms with Gasteiger partial charge in [0.1, 0.15) is 6.04 Å². The molecule has 10 heteroatoms. The highest BCUT2D eigenvalue weighted by atomic mass is 19.4. The van der Waals surface area contributed by atoms with Crippen LogP contribution in [0.15, 0.2) is 24.2 Å². The van der Waals surface area contributed by atoms with Crippen molar-refractivity contribution in [3.63, 3.8) is 0 Å². The summed E-state index contributed by atoms with van der Waals surface area (Å²) in [7, 11) is 0. The maximum absolute atomic E-state index is 12.5. The van der Waals surface area contributed by atoms with Crippen LogP contribution < -0.4 is 0 Å². The topological polar surface area (TPSA) is 44.1 Å². The third kappa shape index (κ3) is 4.78. The van der Waals surface area contributed by atoms with Gasteiger partial charge in [-0.1, -0.05) is 6.92 Å². The fraction of sp³-hybridized carbons (Fsp3) is 0.500. The van der Waals surface area contributed by atoms with Crippen molar-refractivity contribution >= 4 is 5.97 Å². The lowest BCUT2D eigenvalue weighted by molar-refractivity contribution is -0.149. The van der Waals surface area contributed by atoms with Crippen LogP contribution in [0.4, 0.5) is 26.3 Å². The second-order valence-electron chi connectivity index (χ2n) is 4.19. The van der Waals surface area contributed by atoms with Gasteiger partial charge in [0.25, 0.3) is 0 Å². The van der Waals surface area contributed by atoms with E-state index in [4.69, 9.17) is 0 Å². The van der Waals surface area contributed by atoms with Gasteiger partial charge in [-0.25, -0.2) is 9.18 Å². The van der Waals surface area contributed by atoms with E-state index in [0.29, 0.717) is 6.07 Å². The molecule has 1 aromatic rings. The standard InChI is InChI=1S/C12H12F6N2O2/c1-2-8(11(21)22-6-4-7(13)10(14)15)20-5-3-9(19-20)12(16,17)18/h3,5,8H,2,4,6H2,1H3. The number of hydrogen-bond donors (Lipinski definition) is 0. The number of ether oxygens (including phenoxy) is 1. The lowest BCUT2D eigenvalue weighted by atomic mass is 10.2. The van der Waals surface area contributed by atoms with E-state index in [1.54, 1.807) is 0 Å². The van der Waals surface area contributed by atoms with E-state index in [1.807, 2.05) is 0 Å². The summed E-state index contributed by atoms with van der Waals surface area (Å²) in [6, 6.07) is -0.463. The molecule has 0 spiro atoms. The highest BCUT2D eigenvalue weighted by Gasteiger charge is 2.34. The van der Waals surface area contributed by atoms with E-state index < -0.39 is 48.8 Å². The van der Waals surface area contributed by atoms with Crippen molar-refractivity contribution in [2.24, 2.45) is 0 Å². The van der Waals surface area contributed by atoms with E-state index in [-0.39, 0.29) is 6.42 Å². The van der Waals surface area contributed by atoms with E-state index in [9.17, 15) is 31.1 Å². The fourth-order valence-corrected chi connectivity index (χ4v) is 1.56. The normalized spacial score (nSPS) is 12.9. The van der Waals surface area contributed by atoms with Gasteiger partial charge in [0, 0.05) is 12.6 Å². The molecular weight excluding hydrogens is 318 g/mol. The summed E-state index contributed by atoms with van der Waals surface area (Å²) in [5.41, 5.74) is -1.17. The molecule has 1 heterocycles. The molecule has 22 heavy (non-hydrogen) atoms. The molecule has 0 saturated heterocycles. The van der Waals surface area contributed by atoms with Crippen LogP contribution in [0.5, 0.6) is 0 Å². The first-order valence-electron chi connectivity index (χ1n) is 6.15. The van der Waals surface area contributed by atoms with Crippen molar-refractivity contribution in [1.29, 1.82) is 0 Å². The molecule has 1 unspecified atom stereocenters. The van der Waals surface area contributed by atoms with Crippen molar-refractivity contribution in [2.75, 3.05) is 6.61 Å².